The molecule has 2 saturated heterocycles. The molecule has 49 heavy (non-hydrogen) atoms. The van der Waals surface area contributed by atoms with Gasteiger partial charge < -0.3 is 14.4 Å². The minimum atomic E-state index is -1.51. The molecule has 1 aliphatic carbocycles. The third kappa shape index (κ3) is 7.62. The number of morpholine rings is 1. The Balaban J connectivity index is 1.24. The highest BCUT2D eigenvalue weighted by Crippen LogP contribution is 2.44. The van der Waals surface area contributed by atoms with Gasteiger partial charge in [0.1, 0.15) is 16.7 Å². The normalized spacial score (nSPS) is 33.6. The summed E-state index contributed by atoms with van der Waals surface area (Å²) in [4.78, 5) is 21.3. The van der Waals surface area contributed by atoms with Gasteiger partial charge in [-0.2, -0.15) is 0 Å². The molecule has 8 nitrogen and oxygen atoms in total. The Morgan fingerprint density at radius 1 is 1.00 bits per heavy atom. The van der Waals surface area contributed by atoms with Crippen molar-refractivity contribution in [3.05, 3.63) is 70.3 Å². The minimum absolute atomic E-state index is 0.150. The summed E-state index contributed by atoms with van der Waals surface area (Å²) in [6.07, 6.45) is 10.0. The number of aryl methyl sites for hydroxylation is 1. The zero-order chi connectivity index (χ0) is 34.1. The number of hydrogen-bond donors (Lipinski definition) is 1. The van der Waals surface area contributed by atoms with E-state index >= 15 is 0 Å². The maximum atomic E-state index is 13.5. The van der Waals surface area contributed by atoms with Crippen molar-refractivity contribution < 1.29 is 18.5 Å². The van der Waals surface area contributed by atoms with Gasteiger partial charge in [-0.3, -0.25) is 19.3 Å². The molecule has 2 aromatic carbocycles. The molecule has 1 amide bonds. The van der Waals surface area contributed by atoms with Crippen LogP contribution in [0.3, 0.4) is 0 Å². The number of anilines is 1. The zero-order valence-electron chi connectivity index (χ0n) is 29.3. The highest BCUT2D eigenvalue weighted by atomic mass is 35.5. The summed E-state index contributed by atoms with van der Waals surface area (Å²) in [5.41, 5.74) is 4.04. The van der Waals surface area contributed by atoms with Crippen molar-refractivity contribution in [1.29, 1.82) is 0 Å². The van der Waals surface area contributed by atoms with Crippen LogP contribution in [0.25, 0.3) is 0 Å². The summed E-state index contributed by atoms with van der Waals surface area (Å²) in [7, 11) is -1.51. The van der Waals surface area contributed by atoms with E-state index in [-0.39, 0.29) is 23.0 Å². The fourth-order valence-electron chi connectivity index (χ4n) is 8.66. The fourth-order valence-corrected chi connectivity index (χ4v) is 9.88. The van der Waals surface area contributed by atoms with Gasteiger partial charge in [-0.25, -0.2) is 4.21 Å². The third-order valence-electron chi connectivity index (χ3n) is 11.9. The van der Waals surface area contributed by atoms with E-state index in [4.69, 9.17) is 21.1 Å². The number of fused-ring (bicyclic) bond motifs is 3. The number of nitrogens with one attached hydrogen (secondary N) is 1. The molecule has 266 valence electrons. The molecule has 4 aliphatic heterocycles. The number of allylic oxidation sites excluding steroid dienone is 1. The van der Waals surface area contributed by atoms with Gasteiger partial charge in [0.2, 0.25) is 0 Å². The Morgan fingerprint density at radius 3 is 2.67 bits per heavy atom. The molecular formula is C39H53ClN4O4S. The molecule has 4 heterocycles. The quantitative estimate of drug-likeness (QED) is 0.387. The van der Waals surface area contributed by atoms with Crippen LogP contribution in [-0.2, 0) is 22.1 Å². The van der Waals surface area contributed by atoms with Crippen molar-refractivity contribution in [3.63, 3.8) is 0 Å². The number of halogens is 1. The SMILES string of the molecule is CCCc1cc(Cl)ccc1C1COc2ccc3cc2N(C1)CC1CCC1C(N1CCN2CCOCC2C1)/C=C/CC(C)C(C)S(=O)NC3=O. The predicted molar refractivity (Wildman–Crippen MR) is 198 cm³/mol. The standard InChI is InChI=1S/C39H53ClN4O4S/c1-4-6-28-19-32(40)11-13-34(28)31-22-44-21-30-9-12-35(30)36(43-16-15-42-17-18-47-25-33(42)23-43)8-5-7-26(2)27(3)49(46)41-39(45)29-10-14-38(48-24-31)37(44)20-29/h5,8,10-11,13-14,19-20,26-27,30-31,33,35-36H,4,6-7,9,12,15-18,21-25H2,1-3H3,(H,41,45)/b8-5+. The molecule has 10 heteroatoms. The first-order valence-corrected chi connectivity index (χ1v) is 20.1. The molecule has 0 spiro atoms. The van der Waals surface area contributed by atoms with Crippen LogP contribution in [0.4, 0.5) is 5.69 Å². The van der Waals surface area contributed by atoms with Gasteiger partial charge >= 0.3 is 0 Å². The molecule has 0 aromatic heterocycles. The van der Waals surface area contributed by atoms with E-state index in [1.165, 1.54) is 24.0 Å². The van der Waals surface area contributed by atoms with Crippen LogP contribution in [-0.4, -0.2) is 96.3 Å². The largest absolute Gasteiger partial charge is 0.491 e. The van der Waals surface area contributed by atoms with Crippen molar-refractivity contribution >= 4 is 34.2 Å². The number of carbonyl (C=O) groups excluding carboxylic acids is 1. The number of rotatable bonds is 4. The Labute approximate surface area is 300 Å². The Hall–Kier alpha value is -2.43. The van der Waals surface area contributed by atoms with E-state index in [9.17, 15) is 9.00 Å². The van der Waals surface area contributed by atoms with Crippen molar-refractivity contribution in [2.24, 2.45) is 17.8 Å². The fraction of sp³-hybridized carbons (Fsp3) is 0.615. The average molecular weight is 709 g/mol. The van der Waals surface area contributed by atoms with Gasteiger partial charge in [0.25, 0.3) is 5.91 Å². The van der Waals surface area contributed by atoms with Crippen LogP contribution in [0.2, 0.25) is 5.02 Å². The highest BCUT2D eigenvalue weighted by Gasteiger charge is 2.43. The summed E-state index contributed by atoms with van der Waals surface area (Å²) < 4.78 is 28.7. The average Bonchev–Trinajstić information content (AvgIpc) is 3.27. The number of hydrogen-bond acceptors (Lipinski definition) is 7. The highest BCUT2D eigenvalue weighted by molar-refractivity contribution is 7.84. The number of piperazine rings is 1. The minimum Gasteiger partial charge on any atom is -0.491 e. The lowest BCUT2D eigenvalue weighted by Gasteiger charge is -2.51. The lowest BCUT2D eigenvalue weighted by molar-refractivity contribution is -0.0610. The number of nitrogens with zero attached hydrogens (tertiary/aromatic N) is 3. The van der Waals surface area contributed by atoms with E-state index in [1.807, 2.05) is 31.2 Å². The molecule has 2 aromatic rings. The van der Waals surface area contributed by atoms with Crippen LogP contribution in [0.5, 0.6) is 5.75 Å². The first-order valence-electron chi connectivity index (χ1n) is 18.5. The van der Waals surface area contributed by atoms with E-state index < -0.39 is 11.0 Å². The molecule has 8 unspecified atom stereocenters. The first kappa shape index (κ1) is 35.0. The maximum Gasteiger partial charge on any atom is 0.263 e. The van der Waals surface area contributed by atoms with E-state index in [0.717, 1.165) is 88.2 Å². The lowest BCUT2D eigenvalue weighted by atomic mass is 9.68. The molecule has 3 fully saturated rings. The second-order valence-corrected chi connectivity index (χ2v) is 17.0. The number of carbonyl (C=O) groups is 1. The third-order valence-corrected chi connectivity index (χ3v) is 13.7. The van der Waals surface area contributed by atoms with Gasteiger partial charge in [-0.15, -0.1) is 0 Å². The van der Waals surface area contributed by atoms with Crippen LogP contribution in [0.15, 0.2) is 48.6 Å². The van der Waals surface area contributed by atoms with E-state index in [1.54, 1.807) is 0 Å². The number of ether oxygens (including phenoxy) is 2. The monoisotopic (exact) mass is 708 g/mol. The molecule has 5 aliphatic rings. The van der Waals surface area contributed by atoms with E-state index in [0.29, 0.717) is 36.1 Å². The molecule has 7 rings (SSSR count). The Morgan fingerprint density at radius 2 is 1.86 bits per heavy atom. The zero-order valence-corrected chi connectivity index (χ0v) is 30.9. The second kappa shape index (κ2) is 15.4. The molecule has 1 N–H and O–H groups in total. The van der Waals surface area contributed by atoms with Crippen LogP contribution in [0.1, 0.15) is 73.9 Å². The molecule has 2 bridgehead atoms. The lowest BCUT2D eigenvalue weighted by Crippen LogP contribution is -2.61. The van der Waals surface area contributed by atoms with Crippen molar-refractivity contribution in [3.8, 4) is 5.75 Å². The molecule has 0 radical (unpaired) electrons. The summed E-state index contributed by atoms with van der Waals surface area (Å²) >= 11 is 6.49. The number of benzene rings is 2. The Kier molecular flexibility index (Phi) is 11.0. The van der Waals surface area contributed by atoms with Gasteiger partial charge in [0, 0.05) is 67.9 Å². The maximum absolute atomic E-state index is 13.5. The molecular weight excluding hydrogens is 656 g/mol. The van der Waals surface area contributed by atoms with Crippen LogP contribution in [0, 0.1) is 17.8 Å². The second-order valence-electron chi connectivity index (χ2n) is 15.0. The topological polar surface area (TPSA) is 74.3 Å². The van der Waals surface area contributed by atoms with Crippen LogP contribution >= 0.6 is 11.6 Å². The van der Waals surface area contributed by atoms with E-state index in [2.05, 4.69) is 57.6 Å². The van der Waals surface area contributed by atoms with Crippen LogP contribution < -0.4 is 14.4 Å². The molecule has 8 atom stereocenters. The predicted octanol–water partition coefficient (Wildman–Crippen LogP) is 6.06. The summed E-state index contributed by atoms with van der Waals surface area (Å²) in [5, 5.41) is 0.585. The van der Waals surface area contributed by atoms with Crippen molar-refractivity contribution in [2.45, 2.75) is 76.1 Å². The molecule has 1 saturated carbocycles. The first-order chi connectivity index (χ1) is 23.8. The van der Waals surface area contributed by atoms with Gasteiger partial charge in [-0.1, -0.05) is 50.1 Å². The summed E-state index contributed by atoms with van der Waals surface area (Å²) in [6.45, 7) is 14.4. The van der Waals surface area contributed by atoms with Crippen molar-refractivity contribution in [2.75, 3.05) is 64.0 Å². The van der Waals surface area contributed by atoms with Crippen molar-refractivity contribution in [1.82, 2.24) is 14.5 Å². The number of amides is 1. The van der Waals surface area contributed by atoms with Gasteiger partial charge in [0.05, 0.1) is 30.8 Å². The summed E-state index contributed by atoms with van der Waals surface area (Å²) in [6, 6.07) is 12.8. The smallest absolute Gasteiger partial charge is 0.263 e. The Bertz CT molecular complexity index is 1550. The van der Waals surface area contributed by atoms with Gasteiger partial charge in [0.15, 0.2) is 0 Å². The summed E-state index contributed by atoms with van der Waals surface area (Å²) in [5.74, 6) is 1.85. The van der Waals surface area contributed by atoms with Gasteiger partial charge in [-0.05, 0) is 91.8 Å².